The molecule has 3 N–H and O–H groups in total. The van der Waals surface area contributed by atoms with E-state index in [0.717, 1.165) is 5.56 Å². The molecule has 2 aromatic rings. The molecular weight excluding hydrogens is 252 g/mol. The largest absolute Gasteiger partial charge is 0.368 e. The number of amides is 1. The van der Waals surface area contributed by atoms with Crippen molar-refractivity contribution in [1.29, 1.82) is 0 Å². The van der Waals surface area contributed by atoms with Crippen LogP contribution >= 0.6 is 11.6 Å². The number of halogens is 1. The average Bonchev–Trinajstić information content (AvgIpc) is 2.37. The fourth-order valence-corrected chi connectivity index (χ4v) is 1.67. The molecule has 1 aromatic carbocycles. The maximum Gasteiger partial charge on any atom is 0.244 e. The lowest BCUT2D eigenvalue weighted by Crippen LogP contribution is -2.28. The van der Waals surface area contributed by atoms with Crippen LogP contribution in [-0.4, -0.2) is 15.9 Å². The number of rotatable bonds is 4. The molecular formula is C12H11ClN4O. The van der Waals surface area contributed by atoms with Crippen LogP contribution in [0.15, 0.2) is 42.7 Å². The van der Waals surface area contributed by atoms with E-state index < -0.39 is 11.9 Å². The van der Waals surface area contributed by atoms with Gasteiger partial charge in [0.25, 0.3) is 0 Å². The van der Waals surface area contributed by atoms with Gasteiger partial charge in [0.15, 0.2) is 0 Å². The molecule has 1 amide bonds. The lowest BCUT2D eigenvalue weighted by atomic mass is 10.1. The van der Waals surface area contributed by atoms with Gasteiger partial charge >= 0.3 is 0 Å². The molecule has 6 heteroatoms. The molecule has 1 aromatic heterocycles. The number of nitrogens with one attached hydrogen (secondary N) is 1. The van der Waals surface area contributed by atoms with E-state index in [1.807, 2.05) is 18.2 Å². The van der Waals surface area contributed by atoms with Gasteiger partial charge in [-0.25, -0.2) is 4.98 Å². The van der Waals surface area contributed by atoms with Crippen LogP contribution in [0.1, 0.15) is 11.6 Å². The minimum atomic E-state index is -0.668. The lowest BCUT2D eigenvalue weighted by molar-refractivity contribution is -0.118. The minimum Gasteiger partial charge on any atom is -0.368 e. The summed E-state index contributed by atoms with van der Waals surface area (Å²) in [5.74, 6) is -0.0990. The summed E-state index contributed by atoms with van der Waals surface area (Å²) in [4.78, 5) is 19.4. The van der Waals surface area contributed by atoms with Gasteiger partial charge in [0.1, 0.15) is 17.0 Å². The van der Waals surface area contributed by atoms with Crippen molar-refractivity contribution < 1.29 is 4.79 Å². The van der Waals surface area contributed by atoms with Crippen molar-refractivity contribution in [3.63, 3.8) is 0 Å². The summed E-state index contributed by atoms with van der Waals surface area (Å²) in [6.07, 6.45) is 2.89. The van der Waals surface area contributed by atoms with Crippen LogP contribution in [0.5, 0.6) is 0 Å². The number of hydrogen-bond donors (Lipinski definition) is 2. The van der Waals surface area contributed by atoms with Crippen LogP contribution in [0.3, 0.4) is 0 Å². The number of nitrogens with two attached hydrogens (primary N) is 1. The summed E-state index contributed by atoms with van der Waals surface area (Å²) in [5.41, 5.74) is 6.13. The van der Waals surface area contributed by atoms with Crippen molar-refractivity contribution in [1.82, 2.24) is 9.97 Å². The summed E-state index contributed by atoms with van der Waals surface area (Å²) in [6, 6.07) is 8.47. The van der Waals surface area contributed by atoms with E-state index in [4.69, 9.17) is 17.3 Å². The molecule has 0 spiro atoms. The van der Waals surface area contributed by atoms with Crippen molar-refractivity contribution in [3.8, 4) is 0 Å². The van der Waals surface area contributed by atoms with E-state index in [-0.39, 0.29) is 5.15 Å². The Balaban J connectivity index is 2.25. The number of anilines is 1. The van der Waals surface area contributed by atoms with Crippen LogP contribution in [0, 0.1) is 0 Å². The van der Waals surface area contributed by atoms with Gasteiger partial charge in [-0.2, -0.15) is 0 Å². The molecule has 1 unspecified atom stereocenters. The summed E-state index contributed by atoms with van der Waals surface area (Å²) in [6.45, 7) is 0. The first-order valence-corrected chi connectivity index (χ1v) is 5.63. The van der Waals surface area contributed by atoms with Gasteiger partial charge in [-0.05, 0) is 5.56 Å². The number of primary amides is 1. The first-order valence-electron chi connectivity index (χ1n) is 5.25. The SMILES string of the molecule is NC(=O)C(Nc1cncc(Cl)n1)c1ccccc1. The molecule has 0 bridgehead atoms. The fourth-order valence-electron chi connectivity index (χ4n) is 1.52. The highest BCUT2D eigenvalue weighted by Crippen LogP contribution is 2.18. The van der Waals surface area contributed by atoms with Crippen molar-refractivity contribution in [2.45, 2.75) is 6.04 Å². The monoisotopic (exact) mass is 262 g/mol. The third-order valence-electron chi connectivity index (χ3n) is 2.31. The highest BCUT2D eigenvalue weighted by atomic mass is 35.5. The number of nitrogens with zero attached hydrogens (tertiary/aromatic N) is 2. The summed E-state index contributed by atoms with van der Waals surface area (Å²) in [5, 5.41) is 3.15. The molecule has 0 fully saturated rings. The minimum absolute atomic E-state index is 0.247. The fraction of sp³-hybridized carbons (Fsp3) is 0.0833. The summed E-state index contributed by atoms with van der Waals surface area (Å²) in [7, 11) is 0. The Morgan fingerprint density at radius 3 is 2.61 bits per heavy atom. The van der Waals surface area contributed by atoms with Crippen molar-refractivity contribution >= 4 is 23.3 Å². The Kier molecular flexibility index (Phi) is 3.74. The first kappa shape index (κ1) is 12.3. The number of carbonyl (C=O) groups is 1. The van der Waals surface area contributed by atoms with Crippen molar-refractivity contribution in [3.05, 3.63) is 53.4 Å². The van der Waals surface area contributed by atoms with E-state index in [1.54, 1.807) is 12.1 Å². The van der Waals surface area contributed by atoms with Gasteiger partial charge in [0, 0.05) is 0 Å². The molecule has 0 radical (unpaired) electrons. The second-order valence-electron chi connectivity index (χ2n) is 3.62. The standard InChI is InChI=1S/C12H11ClN4O/c13-9-6-15-7-10(16-9)17-11(12(14)18)8-4-2-1-3-5-8/h1-7,11H,(H2,14,18)(H,16,17). The molecule has 18 heavy (non-hydrogen) atoms. The van der Waals surface area contributed by atoms with Crippen LogP contribution in [0.25, 0.3) is 0 Å². The number of carbonyl (C=O) groups excluding carboxylic acids is 1. The van der Waals surface area contributed by atoms with Crippen LogP contribution in [0.4, 0.5) is 5.82 Å². The highest BCUT2D eigenvalue weighted by Gasteiger charge is 2.17. The summed E-state index contributed by atoms with van der Waals surface area (Å²) < 4.78 is 0. The predicted molar refractivity (Wildman–Crippen MR) is 69.0 cm³/mol. The first-order chi connectivity index (χ1) is 8.66. The quantitative estimate of drug-likeness (QED) is 0.880. The topological polar surface area (TPSA) is 80.9 Å². The van der Waals surface area contributed by atoms with E-state index in [0.29, 0.717) is 5.82 Å². The second-order valence-corrected chi connectivity index (χ2v) is 4.00. The van der Waals surface area contributed by atoms with Crippen molar-refractivity contribution in [2.75, 3.05) is 5.32 Å². The zero-order chi connectivity index (χ0) is 13.0. The summed E-state index contributed by atoms with van der Waals surface area (Å²) >= 11 is 5.72. The van der Waals surface area contributed by atoms with Gasteiger partial charge in [-0.15, -0.1) is 0 Å². The molecule has 0 saturated carbocycles. The molecule has 0 aliphatic heterocycles. The van der Waals surface area contributed by atoms with Crippen LogP contribution in [-0.2, 0) is 4.79 Å². The maximum absolute atomic E-state index is 11.5. The third kappa shape index (κ3) is 2.95. The Hall–Kier alpha value is -2.14. The molecule has 1 heterocycles. The zero-order valence-electron chi connectivity index (χ0n) is 9.38. The van der Waals surface area contributed by atoms with Gasteiger partial charge in [0.2, 0.25) is 5.91 Å². The highest BCUT2D eigenvalue weighted by molar-refractivity contribution is 6.29. The van der Waals surface area contributed by atoms with E-state index in [9.17, 15) is 4.79 Å². The Bertz CT molecular complexity index is 547. The number of aromatic nitrogens is 2. The average molecular weight is 263 g/mol. The van der Waals surface area contributed by atoms with Gasteiger partial charge in [-0.1, -0.05) is 41.9 Å². The normalized spacial score (nSPS) is 11.8. The van der Waals surface area contributed by atoms with Crippen LogP contribution in [0.2, 0.25) is 5.15 Å². The molecule has 0 aliphatic carbocycles. The Morgan fingerprint density at radius 2 is 2.00 bits per heavy atom. The number of benzene rings is 1. The van der Waals surface area contributed by atoms with Crippen LogP contribution < -0.4 is 11.1 Å². The van der Waals surface area contributed by atoms with Crippen molar-refractivity contribution in [2.24, 2.45) is 5.73 Å². The number of hydrogen-bond acceptors (Lipinski definition) is 4. The van der Waals surface area contributed by atoms with E-state index in [2.05, 4.69) is 15.3 Å². The molecule has 0 saturated heterocycles. The van der Waals surface area contributed by atoms with Gasteiger partial charge < -0.3 is 11.1 Å². The zero-order valence-corrected chi connectivity index (χ0v) is 10.1. The van der Waals surface area contributed by atoms with Gasteiger partial charge in [0.05, 0.1) is 12.4 Å². The Morgan fingerprint density at radius 1 is 1.28 bits per heavy atom. The lowest BCUT2D eigenvalue weighted by Gasteiger charge is -2.16. The van der Waals surface area contributed by atoms with E-state index >= 15 is 0 Å². The predicted octanol–water partition coefficient (Wildman–Crippen LogP) is 1.77. The van der Waals surface area contributed by atoms with Gasteiger partial charge in [-0.3, -0.25) is 9.78 Å². The molecule has 0 aliphatic rings. The second kappa shape index (κ2) is 5.46. The van der Waals surface area contributed by atoms with E-state index in [1.165, 1.54) is 12.4 Å². The molecule has 92 valence electrons. The maximum atomic E-state index is 11.5. The molecule has 2 rings (SSSR count). The Labute approximate surface area is 109 Å². The molecule has 1 atom stereocenters. The third-order valence-corrected chi connectivity index (χ3v) is 2.50. The molecule has 5 nitrogen and oxygen atoms in total. The smallest absolute Gasteiger partial charge is 0.244 e.